The summed E-state index contributed by atoms with van der Waals surface area (Å²) in [4.78, 5) is 0. The van der Waals surface area contributed by atoms with Crippen LogP contribution in [0.4, 0.5) is 0 Å². The third-order valence-electron chi connectivity index (χ3n) is 5.37. The second-order valence-corrected chi connectivity index (χ2v) is 8.09. The zero-order valence-corrected chi connectivity index (χ0v) is 18.9. The van der Waals surface area contributed by atoms with Crippen molar-refractivity contribution in [3.8, 4) is 5.75 Å². The molecule has 0 bridgehead atoms. The molecule has 0 spiro atoms. The predicted octanol–water partition coefficient (Wildman–Crippen LogP) is 6.44. The number of hydrogen-bond acceptors (Lipinski definition) is 3. The van der Waals surface area contributed by atoms with Crippen LogP contribution < -0.4 is 10.2 Å². The number of hydrogen-bond donors (Lipinski definition) is 1. The zero-order chi connectivity index (χ0) is 21.8. The molecule has 0 unspecified atom stereocenters. The number of aromatic nitrogens is 1. The van der Waals surface area contributed by atoms with Crippen molar-refractivity contribution in [2.45, 2.75) is 20.0 Å². The molecule has 0 aliphatic rings. The highest BCUT2D eigenvalue weighted by Crippen LogP contribution is 2.28. The van der Waals surface area contributed by atoms with Gasteiger partial charge in [0.1, 0.15) is 5.75 Å². The van der Waals surface area contributed by atoms with E-state index in [2.05, 4.69) is 34.2 Å². The lowest BCUT2D eigenvalue weighted by Crippen LogP contribution is -2.07. The summed E-state index contributed by atoms with van der Waals surface area (Å²) in [5.74, 6) is 0.845. The number of nitrogens with one attached hydrogen (secondary N) is 1. The number of halogens is 2. The van der Waals surface area contributed by atoms with Crippen LogP contribution in [0.5, 0.6) is 5.75 Å². The number of fused-ring (bicyclic) bond motifs is 1. The van der Waals surface area contributed by atoms with Gasteiger partial charge in [0.25, 0.3) is 0 Å². The van der Waals surface area contributed by atoms with Crippen LogP contribution in [0.3, 0.4) is 0 Å². The van der Waals surface area contributed by atoms with Crippen molar-refractivity contribution in [3.05, 3.63) is 99.2 Å². The van der Waals surface area contributed by atoms with Crippen molar-refractivity contribution in [2.75, 3.05) is 7.11 Å². The van der Waals surface area contributed by atoms with E-state index in [1.165, 1.54) is 0 Å². The van der Waals surface area contributed by atoms with Crippen LogP contribution in [0.1, 0.15) is 22.4 Å². The lowest BCUT2D eigenvalue weighted by molar-refractivity contribution is 0.408. The van der Waals surface area contributed by atoms with Crippen molar-refractivity contribution in [2.24, 2.45) is 5.10 Å². The van der Waals surface area contributed by atoms with Gasteiger partial charge in [-0.05, 0) is 36.8 Å². The summed E-state index contributed by atoms with van der Waals surface area (Å²) in [5, 5.41) is 6.93. The molecule has 31 heavy (non-hydrogen) atoms. The van der Waals surface area contributed by atoms with E-state index in [1.807, 2.05) is 54.7 Å². The second-order valence-electron chi connectivity index (χ2n) is 7.24. The Morgan fingerprint density at radius 1 is 1.00 bits per heavy atom. The molecule has 6 heteroatoms. The standard InChI is InChI=1S/C25H23Cl2N3O/c1-17-22(15-29-28-14-18-7-3-6-10-25(18)31-2)21-8-4-5-9-24(21)30(17)16-19-11-12-20(26)13-23(19)27/h3-13,15,28H,14,16H2,1-2H3/b29-15-. The van der Waals surface area contributed by atoms with Gasteiger partial charge in [-0.25, -0.2) is 0 Å². The average Bonchev–Trinajstić information content (AvgIpc) is 3.04. The lowest BCUT2D eigenvalue weighted by Gasteiger charge is -2.10. The normalized spacial score (nSPS) is 11.4. The Balaban J connectivity index is 1.61. The molecule has 0 saturated carbocycles. The number of rotatable bonds is 7. The monoisotopic (exact) mass is 451 g/mol. The zero-order valence-electron chi connectivity index (χ0n) is 17.4. The van der Waals surface area contributed by atoms with E-state index in [1.54, 1.807) is 13.2 Å². The first-order chi connectivity index (χ1) is 15.1. The number of ether oxygens (including phenoxy) is 1. The van der Waals surface area contributed by atoms with Gasteiger partial charge in [0.15, 0.2) is 0 Å². The summed E-state index contributed by atoms with van der Waals surface area (Å²) in [6.45, 7) is 3.34. The van der Waals surface area contributed by atoms with Crippen LogP contribution in [0.15, 0.2) is 71.8 Å². The predicted molar refractivity (Wildman–Crippen MR) is 130 cm³/mol. The summed E-state index contributed by atoms with van der Waals surface area (Å²) in [7, 11) is 1.67. The fourth-order valence-corrected chi connectivity index (χ4v) is 4.20. The maximum Gasteiger partial charge on any atom is 0.123 e. The van der Waals surface area contributed by atoms with E-state index in [0.29, 0.717) is 23.1 Å². The smallest absolute Gasteiger partial charge is 0.123 e. The fourth-order valence-electron chi connectivity index (χ4n) is 3.73. The quantitative estimate of drug-likeness (QED) is 0.259. The molecular weight excluding hydrogens is 429 g/mol. The van der Waals surface area contributed by atoms with Crippen molar-refractivity contribution in [3.63, 3.8) is 0 Å². The third kappa shape index (κ3) is 4.55. The molecule has 158 valence electrons. The number of para-hydroxylation sites is 2. The molecule has 1 aromatic heterocycles. The average molecular weight is 452 g/mol. The number of benzene rings is 3. The van der Waals surface area contributed by atoms with Crippen LogP contribution in [-0.4, -0.2) is 17.9 Å². The highest BCUT2D eigenvalue weighted by atomic mass is 35.5. The number of nitrogens with zero attached hydrogens (tertiary/aromatic N) is 2. The van der Waals surface area contributed by atoms with E-state index in [-0.39, 0.29) is 0 Å². The summed E-state index contributed by atoms with van der Waals surface area (Å²) >= 11 is 12.5. The molecule has 4 nitrogen and oxygen atoms in total. The van der Waals surface area contributed by atoms with Gasteiger partial charge in [-0.15, -0.1) is 0 Å². The van der Waals surface area contributed by atoms with Gasteiger partial charge < -0.3 is 14.7 Å². The van der Waals surface area contributed by atoms with Gasteiger partial charge in [-0.2, -0.15) is 5.10 Å². The maximum absolute atomic E-state index is 6.43. The summed E-state index contributed by atoms with van der Waals surface area (Å²) in [6, 6.07) is 21.9. The van der Waals surface area contributed by atoms with Crippen LogP contribution in [0.2, 0.25) is 10.0 Å². The minimum Gasteiger partial charge on any atom is -0.496 e. The molecule has 1 N–H and O–H groups in total. The van der Waals surface area contributed by atoms with Crippen molar-refractivity contribution in [1.29, 1.82) is 0 Å². The topological polar surface area (TPSA) is 38.5 Å². The van der Waals surface area contributed by atoms with Gasteiger partial charge in [-0.3, -0.25) is 0 Å². The Morgan fingerprint density at radius 2 is 1.77 bits per heavy atom. The van der Waals surface area contributed by atoms with Gasteiger partial charge in [-0.1, -0.05) is 65.7 Å². The highest BCUT2D eigenvalue weighted by Gasteiger charge is 2.14. The number of methoxy groups -OCH3 is 1. The SMILES string of the molecule is COc1ccccc1CN/N=C\c1c(C)n(Cc2ccc(Cl)cc2Cl)c2ccccc12. The first kappa shape index (κ1) is 21.3. The molecule has 3 aromatic carbocycles. The molecule has 0 amide bonds. The Bertz CT molecular complexity index is 1250. The van der Waals surface area contributed by atoms with E-state index < -0.39 is 0 Å². The summed E-state index contributed by atoms with van der Waals surface area (Å²) in [6.07, 6.45) is 1.88. The molecule has 0 atom stereocenters. The van der Waals surface area contributed by atoms with E-state index in [0.717, 1.165) is 39.0 Å². The van der Waals surface area contributed by atoms with E-state index in [9.17, 15) is 0 Å². The van der Waals surface area contributed by atoms with Crippen molar-refractivity contribution < 1.29 is 4.74 Å². The summed E-state index contributed by atoms with van der Waals surface area (Å²) in [5.41, 5.74) is 8.54. The molecule has 4 aromatic rings. The molecule has 0 aliphatic heterocycles. The van der Waals surface area contributed by atoms with Gasteiger partial charge >= 0.3 is 0 Å². The fraction of sp³-hybridized carbons (Fsp3) is 0.160. The van der Waals surface area contributed by atoms with Gasteiger partial charge in [0, 0.05) is 44.3 Å². The minimum atomic E-state index is 0.582. The lowest BCUT2D eigenvalue weighted by atomic mass is 10.1. The number of hydrazone groups is 1. The third-order valence-corrected chi connectivity index (χ3v) is 5.96. The Hall–Kier alpha value is -2.95. The first-order valence-electron chi connectivity index (χ1n) is 9.98. The van der Waals surface area contributed by atoms with Crippen LogP contribution >= 0.6 is 23.2 Å². The Labute approximate surface area is 192 Å². The maximum atomic E-state index is 6.43. The minimum absolute atomic E-state index is 0.582. The van der Waals surface area contributed by atoms with Crippen LogP contribution in [0, 0.1) is 6.92 Å². The highest BCUT2D eigenvalue weighted by molar-refractivity contribution is 6.35. The molecule has 0 saturated heterocycles. The molecular formula is C25H23Cl2N3O. The Morgan fingerprint density at radius 3 is 2.58 bits per heavy atom. The van der Waals surface area contributed by atoms with Gasteiger partial charge in [0.05, 0.1) is 19.9 Å². The summed E-state index contributed by atoms with van der Waals surface area (Å²) < 4.78 is 7.66. The van der Waals surface area contributed by atoms with Crippen molar-refractivity contribution >= 4 is 40.3 Å². The molecule has 0 radical (unpaired) electrons. The first-order valence-corrected chi connectivity index (χ1v) is 10.7. The molecule has 1 heterocycles. The molecule has 0 fully saturated rings. The van der Waals surface area contributed by atoms with Crippen molar-refractivity contribution in [1.82, 2.24) is 9.99 Å². The van der Waals surface area contributed by atoms with Gasteiger partial charge in [0.2, 0.25) is 0 Å². The molecule has 0 aliphatic carbocycles. The van der Waals surface area contributed by atoms with E-state index in [4.69, 9.17) is 27.9 Å². The van der Waals surface area contributed by atoms with Crippen LogP contribution in [-0.2, 0) is 13.1 Å². The van der Waals surface area contributed by atoms with E-state index >= 15 is 0 Å². The Kier molecular flexibility index (Phi) is 6.50. The van der Waals surface area contributed by atoms with Crippen LogP contribution in [0.25, 0.3) is 10.9 Å². The second kappa shape index (κ2) is 9.46. The molecule has 4 rings (SSSR count). The largest absolute Gasteiger partial charge is 0.496 e.